The van der Waals surface area contributed by atoms with Crippen LogP contribution in [0.25, 0.3) is 33.7 Å². The third kappa shape index (κ3) is 3.13. The van der Waals surface area contributed by atoms with Crippen molar-refractivity contribution >= 4 is 16.6 Å². The summed E-state index contributed by atoms with van der Waals surface area (Å²) >= 11 is 0. The summed E-state index contributed by atoms with van der Waals surface area (Å²) in [4.78, 5) is 24.6. The van der Waals surface area contributed by atoms with Crippen LogP contribution in [0.1, 0.15) is 11.1 Å². The molecule has 0 bridgehead atoms. The Morgan fingerprint density at radius 3 is 2.52 bits per heavy atom. The highest BCUT2D eigenvalue weighted by atomic mass is 16.6. The average molecular weight is 356 g/mol. The molecule has 2 heterocycles. The molecule has 0 aliphatic rings. The number of aromatic nitrogens is 3. The van der Waals surface area contributed by atoms with Crippen molar-refractivity contribution in [3.63, 3.8) is 0 Å². The van der Waals surface area contributed by atoms with Crippen LogP contribution in [0.4, 0.5) is 5.69 Å². The number of fused-ring (bicyclic) bond motifs is 1. The monoisotopic (exact) mass is 356 g/mol. The van der Waals surface area contributed by atoms with Gasteiger partial charge < -0.3 is 0 Å². The van der Waals surface area contributed by atoms with Crippen molar-refractivity contribution in [1.82, 2.24) is 15.0 Å². The fraction of sp³-hybridized carbons (Fsp3) is 0.0952. The van der Waals surface area contributed by atoms with Gasteiger partial charge in [0, 0.05) is 28.8 Å². The first-order chi connectivity index (χ1) is 13.0. The van der Waals surface area contributed by atoms with E-state index in [0.717, 1.165) is 16.5 Å². The number of hydrogen-bond acceptors (Lipinski definition) is 5. The molecule has 4 aromatic rings. The fourth-order valence-corrected chi connectivity index (χ4v) is 2.99. The van der Waals surface area contributed by atoms with Crippen molar-refractivity contribution in [2.75, 3.05) is 0 Å². The molecule has 6 heteroatoms. The van der Waals surface area contributed by atoms with Gasteiger partial charge in [-0.1, -0.05) is 36.4 Å². The van der Waals surface area contributed by atoms with E-state index in [1.54, 1.807) is 25.3 Å². The molecular formula is C21H16N4O2. The Labute approximate surface area is 155 Å². The van der Waals surface area contributed by atoms with Gasteiger partial charge in [0.1, 0.15) is 5.69 Å². The summed E-state index contributed by atoms with van der Waals surface area (Å²) in [5.74, 6) is 0.525. The van der Waals surface area contributed by atoms with Crippen molar-refractivity contribution in [3.8, 4) is 22.8 Å². The molecule has 132 valence electrons. The zero-order valence-electron chi connectivity index (χ0n) is 14.9. The van der Waals surface area contributed by atoms with E-state index in [-0.39, 0.29) is 10.6 Å². The quantitative estimate of drug-likeness (QED) is 0.386. The maximum Gasteiger partial charge on any atom is 0.272 e. The van der Waals surface area contributed by atoms with Gasteiger partial charge >= 0.3 is 0 Å². The molecule has 0 amide bonds. The number of rotatable bonds is 3. The van der Waals surface area contributed by atoms with Gasteiger partial charge in [-0.05, 0) is 31.5 Å². The second-order valence-electron chi connectivity index (χ2n) is 6.37. The second-order valence-corrected chi connectivity index (χ2v) is 6.37. The van der Waals surface area contributed by atoms with E-state index < -0.39 is 0 Å². The lowest BCUT2D eigenvalue weighted by molar-refractivity contribution is -0.385. The number of hydrogen-bond donors (Lipinski definition) is 0. The number of benzene rings is 2. The number of nitro groups is 1. The molecule has 0 atom stereocenters. The zero-order valence-corrected chi connectivity index (χ0v) is 14.9. The molecule has 4 rings (SSSR count). The molecule has 0 unspecified atom stereocenters. The van der Waals surface area contributed by atoms with Crippen molar-refractivity contribution < 1.29 is 4.92 Å². The van der Waals surface area contributed by atoms with Crippen LogP contribution < -0.4 is 0 Å². The molecule has 0 fully saturated rings. The Hall–Kier alpha value is -3.67. The highest BCUT2D eigenvalue weighted by Gasteiger charge is 2.15. The van der Waals surface area contributed by atoms with E-state index in [0.29, 0.717) is 28.3 Å². The smallest absolute Gasteiger partial charge is 0.258 e. The molecule has 0 aliphatic carbocycles. The van der Waals surface area contributed by atoms with Crippen LogP contribution >= 0.6 is 0 Å². The number of nitro benzene ring substituents is 1. The van der Waals surface area contributed by atoms with E-state index in [4.69, 9.17) is 4.98 Å². The van der Waals surface area contributed by atoms with Gasteiger partial charge in [0.25, 0.3) is 5.69 Å². The van der Waals surface area contributed by atoms with Crippen LogP contribution in [0.2, 0.25) is 0 Å². The first kappa shape index (κ1) is 16.8. The van der Waals surface area contributed by atoms with E-state index in [2.05, 4.69) is 9.97 Å². The van der Waals surface area contributed by atoms with Gasteiger partial charge in [-0.15, -0.1) is 0 Å². The molecule has 0 saturated heterocycles. The Morgan fingerprint density at radius 2 is 1.70 bits per heavy atom. The first-order valence-electron chi connectivity index (χ1n) is 8.48. The Bertz CT molecular complexity index is 1190. The number of aryl methyl sites for hydroxylation is 2. The second kappa shape index (κ2) is 6.57. The van der Waals surface area contributed by atoms with Crippen molar-refractivity contribution in [1.29, 1.82) is 0 Å². The molecule has 0 radical (unpaired) electrons. The molecule has 6 nitrogen and oxygen atoms in total. The zero-order chi connectivity index (χ0) is 19.0. The Kier molecular flexibility index (Phi) is 4.08. The molecule has 2 aromatic heterocycles. The van der Waals surface area contributed by atoms with Crippen LogP contribution in [0, 0.1) is 24.0 Å². The minimum absolute atomic E-state index is 0.0843. The van der Waals surface area contributed by atoms with Gasteiger partial charge in [0.2, 0.25) is 0 Å². The lowest BCUT2D eigenvalue weighted by Gasteiger charge is -2.09. The van der Waals surface area contributed by atoms with Gasteiger partial charge in [-0.2, -0.15) is 0 Å². The minimum atomic E-state index is -0.371. The predicted octanol–water partition coefficient (Wildman–Crippen LogP) is 4.88. The van der Waals surface area contributed by atoms with Gasteiger partial charge in [0.05, 0.1) is 16.1 Å². The van der Waals surface area contributed by atoms with E-state index in [1.165, 1.54) is 0 Å². The van der Waals surface area contributed by atoms with Crippen LogP contribution in [0.5, 0.6) is 0 Å². The van der Waals surface area contributed by atoms with Gasteiger partial charge in [-0.25, -0.2) is 15.0 Å². The summed E-state index contributed by atoms with van der Waals surface area (Å²) < 4.78 is 0. The summed E-state index contributed by atoms with van der Waals surface area (Å²) in [6.45, 7) is 3.65. The Balaban J connectivity index is 1.84. The molecule has 0 aliphatic heterocycles. The Morgan fingerprint density at radius 1 is 0.926 bits per heavy atom. The van der Waals surface area contributed by atoms with Crippen molar-refractivity contribution in [2.24, 2.45) is 0 Å². The fourth-order valence-electron chi connectivity index (χ4n) is 2.99. The van der Waals surface area contributed by atoms with Crippen LogP contribution in [-0.4, -0.2) is 19.9 Å². The number of pyridine rings is 1. The maximum absolute atomic E-state index is 11.3. The number of nitrogens with zero attached hydrogens (tertiary/aromatic N) is 4. The summed E-state index contributed by atoms with van der Waals surface area (Å²) in [5.41, 5.74) is 4.50. The van der Waals surface area contributed by atoms with E-state index in [1.807, 2.05) is 49.4 Å². The first-order valence-corrected chi connectivity index (χ1v) is 8.48. The molecule has 0 spiro atoms. The minimum Gasteiger partial charge on any atom is -0.258 e. The molecular weight excluding hydrogens is 340 g/mol. The summed E-state index contributed by atoms with van der Waals surface area (Å²) in [7, 11) is 0. The van der Waals surface area contributed by atoms with E-state index in [9.17, 15) is 10.1 Å². The molecule has 27 heavy (non-hydrogen) atoms. The molecule has 2 aromatic carbocycles. The van der Waals surface area contributed by atoms with E-state index >= 15 is 0 Å². The van der Waals surface area contributed by atoms with Gasteiger partial charge in [-0.3, -0.25) is 10.1 Å². The third-order valence-electron chi connectivity index (χ3n) is 4.49. The largest absolute Gasteiger partial charge is 0.272 e. The van der Waals surface area contributed by atoms with Crippen LogP contribution in [0.3, 0.4) is 0 Å². The SMILES string of the molecule is Cc1ccc(-c2nc(-c3ncc4ccccc4n3)ccc2C)cc1[N+](=O)[O-]. The van der Waals surface area contributed by atoms with Crippen molar-refractivity contribution in [3.05, 3.63) is 82.0 Å². The lowest BCUT2D eigenvalue weighted by Crippen LogP contribution is -1.97. The predicted molar refractivity (Wildman–Crippen MR) is 104 cm³/mol. The average Bonchev–Trinajstić information content (AvgIpc) is 2.68. The summed E-state index contributed by atoms with van der Waals surface area (Å²) in [6.07, 6.45) is 1.77. The van der Waals surface area contributed by atoms with Crippen LogP contribution in [-0.2, 0) is 0 Å². The van der Waals surface area contributed by atoms with Crippen LogP contribution in [0.15, 0.2) is 60.8 Å². The maximum atomic E-state index is 11.3. The van der Waals surface area contributed by atoms with Crippen molar-refractivity contribution in [2.45, 2.75) is 13.8 Å². The normalized spacial score (nSPS) is 10.9. The highest BCUT2D eigenvalue weighted by Crippen LogP contribution is 2.29. The molecule has 0 saturated carbocycles. The standard InChI is InChI=1S/C21H16N4O2/c1-13-7-9-15(11-19(13)25(26)27)20-14(2)8-10-18(23-20)21-22-12-16-5-3-4-6-17(16)24-21/h3-12H,1-2H3. The lowest BCUT2D eigenvalue weighted by atomic mass is 10.0. The number of para-hydroxylation sites is 1. The summed E-state index contributed by atoms with van der Waals surface area (Å²) in [5, 5.41) is 12.2. The molecule has 0 N–H and O–H groups in total. The van der Waals surface area contributed by atoms with Gasteiger partial charge in [0.15, 0.2) is 5.82 Å². The highest BCUT2D eigenvalue weighted by molar-refractivity contribution is 5.79. The summed E-state index contributed by atoms with van der Waals surface area (Å²) in [6, 6.07) is 16.7. The topological polar surface area (TPSA) is 81.8 Å². The third-order valence-corrected chi connectivity index (χ3v) is 4.49.